The van der Waals surface area contributed by atoms with Crippen molar-refractivity contribution in [2.75, 3.05) is 6.61 Å². The summed E-state index contributed by atoms with van der Waals surface area (Å²) in [5, 5.41) is 3.51. The van der Waals surface area contributed by atoms with E-state index in [1.807, 2.05) is 45.0 Å². The van der Waals surface area contributed by atoms with Crippen molar-refractivity contribution in [1.82, 2.24) is 5.32 Å². The Kier molecular flexibility index (Phi) is 7.14. The maximum absolute atomic E-state index is 12.4. The van der Waals surface area contributed by atoms with Gasteiger partial charge in [-0.2, -0.15) is 0 Å². The molecule has 0 saturated carbocycles. The highest BCUT2D eigenvalue weighted by atomic mass is 35.5. The Balaban J connectivity index is 1.87. The molecule has 2 atom stereocenters. The van der Waals surface area contributed by atoms with E-state index in [2.05, 4.69) is 5.32 Å². The zero-order valence-electron chi connectivity index (χ0n) is 14.8. The number of rotatable bonds is 8. The molecule has 1 amide bonds. The van der Waals surface area contributed by atoms with Crippen molar-refractivity contribution in [2.45, 2.75) is 39.3 Å². The SMILES string of the molecule is CC[C@@H](Oc1cccc(Cl)c1)C(=O)N[C@@H](C)COc1ccccc1C. The number of amides is 1. The number of aryl methyl sites for hydroxylation is 1. The molecular weight excluding hydrogens is 338 g/mol. The summed E-state index contributed by atoms with van der Waals surface area (Å²) in [7, 11) is 0. The molecule has 2 aromatic rings. The average molecular weight is 362 g/mol. The number of halogens is 1. The van der Waals surface area contributed by atoms with Crippen LogP contribution in [-0.4, -0.2) is 24.7 Å². The summed E-state index contributed by atoms with van der Waals surface area (Å²) in [5.74, 6) is 1.24. The molecule has 0 heterocycles. The third-order valence-electron chi connectivity index (χ3n) is 3.71. The zero-order chi connectivity index (χ0) is 18.2. The Morgan fingerprint density at radius 2 is 1.96 bits per heavy atom. The summed E-state index contributed by atoms with van der Waals surface area (Å²) in [6.45, 7) is 6.19. The van der Waals surface area contributed by atoms with Crippen molar-refractivity contribution in [3.8, 4) is 11.5 Å². The van der Waals surface area contributed by atoms with E-state index in [4.69, 9.17) is 21.1 Å². The molecule has 0 saturated heterocycles. The van der Waals surface area contributed by atoms with Crippen LogP contribution in [0.3, 0.4) is 0 Å². The fourth-order valence-electron chi connectivity index (χ4n) is 2.34. The van der Waals surface area contributed by atoms with Crippen LogP contribution < -0.4 is 14.8 Å². The molecule has 134 valence electrons. The first kappa shape index (κ1) is 19.1. The minimum atomic E-state index is -0.570. The molecule has 25 heavy (non-hydrogen) atoms. The lowest BCUT2D eigenvalue weighted by molar-refractivity contribution is -0.128. The highest BCUT2D eigenvalue weighted by Crippen LogP contribution is 2.19. The van der Waals surface area contributed by atoms with Crippen LogP contribution in [0.2, 0.25) is 5.02 Å². The second kappa shape index (κ2) is 9.33. The second-order valence-electron chi connectivity index (χ2n) is 5.96. The van der Waals surface area contributed by atoms with E-state index in [1.165, 1.54) is 0 Å². The first-order valence-electron chi connectivity index (χ1n) is 8.40. The highest BCUT2D eigenvalue weighted by Gasteiger charge is 2.20. The van der Waals surface area contributed by atoms with E-state index in [-0.39, 0.29) is 11.9 Å². The molecule has 1 N–H and O–H groups in total. The van der Waals surface area contributed by atoms with Crippen LogP contribution in [0.4, 0.5) is 0 Å². The molecule has 5 heteroatoms. The molecule has 0 aromatic heterocycles. The number of ether oxygens (including phenoxy) is 2. The van der Waals surface area contributed by atoms with Crippen LogP contribution in [0.15, 0.2) is 48.5 Å². The minimum absolute atomic E-state index is 0.135. The normalized spacial score (nSPS) is 13.0. The third kappa shape index (κ3) is 5.98. The van der Waals surface area contributed by atoms with Gasteiger partial charge < -0.3 is 14.8 Å². The fourth-order valence-corrected chi connectivity index (χ4v) is 2.52. The number of para-hydroxylation sites is 1. The molecule has 0 unspecified atom stereocenters. The van der Waals surface area contributed by atoms with Gasteiger partial charge in [-0.25, -0.2) is 0 Å². The third-order valence-corrected chi connectivity index (χ3v) is 3.94. The molecule has 0 aliphatic heterocycles. The zero-order valence-corrected chi connectivity index (χ0v) is 15.5. The Morgan fingerprint density at radius 1 is 1.20 bits per heavy atom. The number of hydrogen-bond donors (Lipinski definition) is 1. The monoisotopic (exact) mass is 361 g/mol. The van der Waals surface area contributed by atoms with Gasteiger partial charge in [0.15, 0.2) is 6.10 Å². The van der Waals surface area contributed by atoms with Gasteiger partial charge in [0.25, 0.3) is 5.91 Å². The van der Waals surface area contributed by atoms with E-state index < -0.39 is 6.10 Å². The molecule has 2 aromatic carbocycles. The number of benzene rings is 2. The molecule has 0 fully saturated rings. The Bertz CT molecular complexity index is 705. The lowest BCUT2D eigenvalue weighted by Crippen LogP contribution is -2.44. The summed E-state index contributed by atoms with van der Waals surface area (Å²) in [4.78, 5) is 12.4. The summed E-state index contributed by atoms with van der Waals surface area (Å²) in [6, 6.07) is 14.7. The smallest absolute Gasteiger partial charge is 0.261 e. The first-order valence-corrected chi connectivity index (χ1v) is 8.78. The second-order valence-corrected chi connectivity index (χ2v) is 6.39. The number of carbonyl (C=O) groups excluding carboxylic acids is 1. The average Bonchev–Trinajstić information content (AvgIpc) is 2.59. The standard InChI is InChI=1S/C20H24ClNO3/c1-4-18(25-17-10-7-9-16(21)12-17)20(23)22-15(3)13-24-19-11-6-5-8-14(19)2/h5-12,15,18H,4,13H2,1-3H3,(H,22,23)/t15-,18+/m0/s1. The van der Waals surface area contributed by atoms with Crippen LogP contribution in [0.5, 0.6) is 11.5 Å². The summed E-state index contributed by atoms with van der Waals surface area (Å²) < 4.78 is 11.5. The molecule has 0 radical (unpaired) electrons. The van der Waals surface area contributed by atoms with Gasteiger partial charge in [-0.3, -0.25) is 4.79 Å². The summed E-state index contributed by atoms with van der Waals surface area (Å²) in [6.07, 6.45) is -0.0108. The van der Waals surface area contributed by atoms with E-state index in [1.54, 1.807) is 24.3 Å². The van der Waals surface area contributed by atoms with Crippen LogP contribution in [0.25, 0.3) is 0 Å². The molecule has 0 spiro atoms. The predicted molar refractivity (Wildman–Crippen MR) is 100 cm³/mol. The first-order chi connectivity index (χ1) is 12.0. The number of hydrogen-bond acceptors (Lipinski definition) is 3. The van der Waals surface area contributed by atoms with E-state index in [9.17, 15) is 4.79 Å². The van der Waals surface area contributed by atoms with Crippen LogP contribution in [0.1, 0.15) is 25.8 Å². The number of carbonyl (C=O) groups is 1. The summed E-state index contributed by atoms with van der Waals surface area (Å²) >= 11 is 5.95. The maximum Gasteiger partial charge on any atom is 0.261 e. The van der Waals surface area contributed by atoms with Gasteiger partial charge >= 0.3 is 0 Å². The minimum Gasteiger partial charge on any atom is -0.491 e. The lowest BCUT2D eigenvalue weighted by Gasteiger charge is -2.21. The molecule has 0 bridgehead atoms. The van der Waals surface area contributed by atoms with Crippen molar-refractivity contribution in [2.24, 2.45) is 0 Å². The Hall–Kier alpha value is -2.20. The van der Waals surface area contributed by atoms with Gasteiger partial charge in [-0.1, -0.05) is 42.8 Å². The predicted octanol–water partition coefficient (Wildman–Crippen LogP) is 4.39. The van der Waals surface area contributed by atoms with Gasteiger partial charge in [0.2, 0.25) is 0 Å². The van der Waals surface area contributed by atoms with Gasteiger partial charge in [0.05, 0.1) is 6.04 Å². The Labute approximate surface area is 154 Å². The van der Waals surface area contributed by atoms with Crippen molar-refractivity contribution < 1.29 is 14.3 Å². The van der Waals surface area contributed by atoms with E-state index >= 15 is 0 Å². The Morgan fingerprint density at radius 3 is 2.64 bits per heavy atom. The van der Waals surface area contributed by atoms with Crippen molar-refractivity contribution in [3.63, 3.8) is 0 Å². The maximum atomic E-state index is 12.4. The largest absolute Gasteiger partial charge is 0.491 e. The molecule has 4 nitrogen and oxygen atoms in total. The van der Waals surface area contributed by atoms with Gasteiger partial charge in [0.1, 0.15) is 18.1 Å². The molecule has 0 aliphatic carbocycles. The highest BCUT2D eigenvalue weighted by molar-refractivity contribution is 6.30. The fraction of sp³-hybridized carbons (Fsp3) is 0.350. The van der Waals surface area contributed by atoms with Crippen LogP contribution in [-0.2, 0) is 4.79 Å². The van der Waals surface area contributed by atoms with Gasteiger partial charge in [0, 0.05) is 5.02 Å². The topological polar surface area (TPSA) is 47.6 Å². The molecular formula is C20H24ClNO3. The summed E-state index contributed by atoms with van der Waals surface area (Å²) in [5.41, 5.74) is 1.07. The number of nitrogens with one attached hydrogen (secondary N) is 1. The van der Waals surface area contributed by atoms with Crippen molar-refractivity contribution >= 4 is 17.5 Å². The van der Waals surface area contributed by atoms with E-state index in [0.717, 1.165) is 11.3 Å². The lowest BCUT2D eigenvalue weighted by atomic mass is 10.2. The van der Waals surface area contributed by atoms with Gasteiger partial charge in [-0.15, -0.1) is 0 Å². The van der Waals surface area contributed by atoms with Crippen molar-refractivity contribution in [3.05, 3.63) is 59.1 Å². The van der Waals surface area contributed by atoms with E-state index in [0.29, 0.717) is 23.8 Å². The van der Waals surface area contributed by atoms with Crippen molar-refractivity contribution in [1.29, 1.82) is 0 Å². The quantitative estimate of drug-likeness (QED) is 0.758. The van der Waals surface area contributed by atoms with Gasteiger partial charge in [-0.05, 0) is 50.1 Å². The molecule has 2 rings (SSSR count). The molecule has 0 aliphatic rings. The van der Waals surface area contributed by atoms with Crippen LogP contribution in [0, 0.1) is 6.92 Å². The van der Waals surface area contributed by atoms with Crippen LogP contribution >= 0.6 is 11.6 Å².